The maximum absolute atomic E-state index is 12.8. The quantitative estimate of drug-likeness (QED) is 0.607. The van der Waals surface area contributed by atoms with Gasteiger partial charge in [-0.15, -0.1) is 0 Å². The van der Waals surface area contributed by atoms with E-state index in [4.69, 9.17) is 0 Å². The molecule has 0 bridgehead atoms. The summed E-state index contributed by atoms with van der Waals surface area (Å²) in [5.74, 6) is -0.472. The Hall–Kier alpha value is -2.41. The van der Waals surface area contributed by atoms with Gasteiger partial charge in [-0.2, -0.15) is 0 Å². The molecule has 1 fully saturated rings. The number of rotatable bonds is 4. The molecule has 29 heavy (non-hydrogen) atoms. The molecule has 4 N–H and O–H groups in total. The second-order valence-corrected chi connectivity index (χ2v) is 8.12. The fourth-order valence-electron chi connectivity index (χ4n) is 3.35. The highest BCUT2D eigenvalue weighted by atomic mass is 16.2. The zero-order chi connectivity index (χ0) is 21.2. The third-order valence-electron chi connectivity index (χ3n) is 4.98. The van der Waals surface area contributed by atoms with Gasteiger partial charge in [-0.25, -0.2) is 0 Å². The van der Waals surface area contributed by atoms with Crippen LogP contribution >= 0.6 is 0 Å². The number of hydrogen-bond acceptors (Lipinski definition) is 4. The van der Waals surface area contributed by atoms with E-state index in [2.05, 4.69) is 21.3 Å². The van der Waals surface area contributed by atoms with Crippen molar-refractivity contribution in [1.29, 1.82) is 0 Å². The Morgan fingerprint density at radius 2 is 1.59 bits per heavy atom. The molecule has 3 atom stereocenters. The van der Waals surface area contributed by atoms with Gasteiger partial charge in [0.25, 0.3) is 0 Å². The van der Waals surface area contributed by atoms with Crippen LogP contribution in [0.2, 0.25) is 0 Å². The molecule has 1 saturated heterocycles. The number of nitrogens with one attached hydrogen (secondary N) is 4. The minimum atomic E-state index is -0.729. The molecular weight excluding hydrogens is 368 g/mol. The Labute approximate surface area is 173 Å². The van der Waals surface area contributed by atoms with Crippen LogP contribution in [-0.2, 0) is 20.8 Å². The second-order valence-electron chi connectivity index (χ2n) is 8.12. The van der Waals surface area contributed by atoms with Crippen LogP contribution < -0.4 is 21.3 Å². The summed E-state index contributed by atoms with van der Waals surface area (Å²) < 4.78 is 0. The average Bonchev–Trinajstić information content (AvgIpc) is 2.68. The molecule has 1 aromatic carbocycles. The summed E-state index contributed by atoms with van der Waals surface area (Å²) in [5, 5.41) is 11.8. The highest BCUT2D eigenvalue weighted by Crippen LogP contribution is 2.07. The Kier molecular flexibility index (Phi) is 9.12. The molecule has 160 valence electrons. The van der Waals surface area contributed by atoms with Crippen LogP contribution in [-0.4, -0.2) is 48.9 Å². The van der Waals surface area contributed by atoms with Crippen molar-refractivity contribution in [2.45, 2.75) is 64.6 Å². The van der Waals surface area contributed by atoms with E-state index in [9.17, 15) is 14.4 Å². The predicted octanol–water partition coefficient (Wildman–Crippen LogP) is 1.13. The maximum Gasteiger partial charge on any atom is 0.242 e. The van der Waals surface area contributed by atoms with Crippen LogP contribution in [0, 0.1) is 5.92 Å². The largest absolute Gasteiger partial charge is 0.354 e. The predicted molar refractivity (Wildman–Crippen MR) is 113 cm³/mol. The molecule has 1 heterocycles. The van der Waals surface area contributed by atoms with Crippen molar-refractivity contribution in [1.82, 2.24) is 21.3 Å². The Morgan fingerprint density at radius 3 is 2.28 bits per heavy atom. The second kappa shape index (κ2) is 11.6. The Bertz CT molecular complexity index is 678. The number of carbonyl (C=O) groups excluding carboxylic acids is 3. The van der Waals surface area contributed by atoms with Gasteiger partial charge in [-0.05, 0) is 50.6 Å². The third kappa shape index (κ3) is 7.85. The van der Waals surface area contributed by atoms with Crippen molar-refractivity contribution in [2.75, 3.05) is 13.1 Å². The SMILES string of the molecule is CC(C)C[C@@H]1NC(=O)[C@H](C)NC(=O)[C@H](Cc2ccccc2)NCCCCNC1=O. The molecule has 2 rings (SSSR count). The molecular formula is C22H34N4O3. The summed E-state index contributed by atoms with van der Waals surface area (Å²) in [5.41, 5.74) is 1.06. The molecule has 1 aliphatic heterocycles. The maximum atomic E-state index is 12.8. The molecule has 3 amide bonds. The zero-order valence-corrected chi connectivity index (χ0v) is 17.7. The zero-order valence-electron chi connectivity index (χ0n) is 17.7. The van der Waals surface area contributed by atoms with E-state index in [1.807, 2.05) is 44.2 Å². The lowest BCUT2D eigenvalue weighted by molar-refractivity contribution is -0.132. The Morgan fingerprint density at radius 1 is 0.897 bits per heavy atom. The van der Waals surface area contributed by atoms with Gasteiger partial charge in [-0.3, -0.25) is 14.4 Å². The summed E-state index contributed by atoms with van der Waals surface area (Å²) >= 11 is 0. The Balaban J connectivity index is 2.10. The molecule has 1 aromatic rings. The molecule has 0 unspecified atom stereocenters. The third-order valence-corrected chi connectivity index (χ3v) is 4.98. The molecule has 0 radical (unpaired) electrons. The van der Waals surface area contributed by atoms with Crippen molar-refractivity contribution in [2.24, 2.45) is 5.92 Å². The number of benzene rings is 1. The fourth-order valence-corrected chi connectivity index (χ4v) is 3.35. The van der Waals surface area contributed by atoms with Gasteiger partial charge < -0.3 is 21.3 Å². The normalized spacial score (nSPS) is 25.0. The summed E-state index contributed by atoms with van der Waals surface area (Å²) in [6, 6.07) is 8.07. The van der Waals surface area contributed by atoms with E-state index in [-0.39, 0.29) is 23.6 Å². The van der Waals surface area contributed by atoms with E-state index in [0.717, 1.165) is 18.4 Å². The minimum Gasteiger partial charge on any atom is -0.354 e. The van der Waals surface area contributed by atoms with E-state index < -0.39 is 18.1 Å². The fraction of sp³-hybridized carbons (Fsp3) is 0.591. The first kappa shape index (κ1) is 22.9. The minimum absolute atomic E-state index is 0.169. The lowest BCUT2D eigenvalue weighted by Crippen LogP contribution is -2.56. The van der Waals surface area contributed by atoms with Gasteiger partial charge in [0.15, 0.2) is 0 Å². The first-order valence-electron chi connectivity index (χ1n) is 10.5. The van der Waals surface area contributed by atoms with Crippen LogP contribution in [0.1, 0.15) is 45.6 Å². The first-order valence-corrected chi connectivity index (χ1v) is 10.5. The van der Waals surface area contributed by atoms with Crippen molar-refractivity contribution in [3.05, 3.63) is 35.9 Å². The smallest absolute Gasteiger partial charge is 0.242 e. The number of amides is 3. The van der Waals surface area contributed by atoms with Crippen molar-refractivity contribution < 1.29 is 14.4 Å². The summed E-state index contributed by atoms with van der Waals surface area (Å²) in [6.45, 7) is 6.88. The van der Waals surface area contributed by atoms with Crippen LogP contribution in [0.4, 0.5) is 0 Å². The van der Waals surface area contributed by atoms with Crippen LogP contribution in [0.3, 0.4) is 0 Å². The van der Waals surface area contributed by atoms with Gasteiger partial charge in [0.05, 0.1) is 6.04 Å². The van der Waals surface area contributed by atoms with E-state index in [1.54, 1.807) is 6.92 Å². The molecule has 7 heteroatoms. The summed E-state index contributed by atoms with van der Waals surface area (Å²) in [4.78, 5) is 37.9. The monoisotopic (exact) mass is 402 g/mol. The molecule has 0 spiro atoms. The lowest BCUT2D eigenvalue weighted by atomic mass is 10.0. The van der Waals surface area contributed by atoms with Gasteiger partial charge in [0.1, 0.15) is 12.1 Å². The lowest BCUT2D eigenvalue weighted by Gasteiger charge is -2.25. The first-order chi connectivity index (χ1) is 13.9. The van der Waals surface area contributed by atoms with E-state index >= 15 is 0 Å². The highest BCUT2D eigenvalue weighted by Gasteiger charge is 2.27. The standard InChI is InChI=1S/C22H34N4O3/c1-15(2)13-19-21(28)24-12-8-7-11-23-18(14-17-9-5-4-6-10-17)22(29)25-16(3)20(27)26-19/h4-6,9-10,15-16,18-19,23H,7-8,11-14H2,1-3H3,(H,24,28)(H,25,29)(H,26,27)/t16-,18-,19-/m0/s1. The van der Waals surface area contributed by atoms with Crippen molar-refractivity contribution in [3.8, 4) is 0 Å². The van der Waals surface area contributed by atoms with Crippen LogP contribution in [0.25, 0.3) is 0 Å². The van der Waals surface area contributed by atoms with Crippen molar-refractivity contribution >= 4 is 17.7 Å². The number of hydrogen-bond donors (Lipinski definition) is 4. The van der Waals surface area contributed by atoms with Crippen LogP contribution in [0.5, 0.6) is 0 Å². The van der Waals surface area contributed by atoms with E-state index in [1.165, 1.54) is 0 Å². The van der Waals surface area contributed by atoms with Gasteiger partial charge in [-0.1, -0.05) is 44.2 Å². The van der Waals surface area contributed by atoms with Crippen molar-refractivity contribution in [3.63, 3.8) is 0 Å². The molecule has 7 nitrogen and oxygen atoms in total. The average molecular weight is 403 g/mol. The van der Waals surface area contributed by atoms with Gasteiger partial charge in [0, 0.05) is 6.54 Å². The molecule has 0 aliphatic carbocycles. The molecule has 1 aliphatic rings. The van der Waals surface area contributed by atoms with Gasteiger partial charge >= 0.3 is 0 Å². The van der Waals surface area contributed by atoms with Gasteiger partial charge in [0.2, 0.25) is 17.7 Å². The van der Waals surface area contributed by atoms with E-state index in [0.29, 0.717) is 25.9 Å². The van der Waals surface area contributed by atoms with Crippen LogP contribution in [0.15, 0.2) is 30.3 Å². The number of carbonyl (C=O) groups is 3. The highest BCUT2D eigenvalue weighted by molar-refractivity contribution is 5.92. The summed E-state index contributed by atoms with van der Waals surface area (Å²) in [6.07, 6.45) is 2.75. The molecule has 0 saturated carbocycles. The topological polar surface area (TPSA) is 99.3 Å². The summed E-state index contributed by atoms with van der Waals surface area (Å²) in [7, 11) is 0. The molecule has 0 aromatic heterocycles.